The number of hydrogen-bond donors (Lipinski definition) is 2. The maximum Gasteiger partial charge on any atom is 0.223 e. The first-order chi connectivity index (χ1) is 11.5. The maximum absolute atomic E-state index is 12.7. The molecule has 1 aromatic rings. The van der Waals surface area contributed by atoms with E-state index in [-0.39, 0.29) is 11.8 Å². The zero-order chi connectivity index (χ0) is 16.9. The summed E-state index contributed by atoms with van der Waals surface area (Å²) in [5.74, 6) is 2.57. The van der Waals surface area contributed by atoms with Crippen LogP contribution < -0.4 is 5.32 Å². The zero-order valence-corrected chi connectivity index (χ0v) is 14.8. The van der Waals surface area contributed by atoms with Crippen molar-refractivity contribution in [1.82, 2.24) is 5.32 Å². The summed E-state index contributed by atoms with van der Waals surface area (Å²) in [6, 6.07) is 5.93. The Hall–Kier alpha value is -1.51. The van der Waals surface area contributed by atoms with Crippen LogP contribution in [-0.2, 0) is 11.2 Å². The Balaban J connectivity index is 1.68. The minimum Gasteiger partial charge on any atom is -0.508 e. The third kappa shape index (κ3) is 2.35. The molecule has 0 spiro atoms. The molecule has 3 aliphatic carbocycles. The van der Waals surface area contributed by atoms with Crippen molar-refractivity contribution in [3.05, 3.63) is 29.3 Å². The summed E-state index contributed by atoms with van der Waals surface area (Å²) in [4.78, 5) is 12.7. The van der Waals surface area contributed by atoms with E-state index in [1.807, 2.05) is 19.1 Å². The molecule has 0 aliphatic heterocycles. The smallest absolute Gasteiger partial charge is 0.223 e. The minimum absolute atomic E-state index is 0.196. The van der Waals surface area contributed by atoms with Gasteiger partial charge in [-0.05, 0) is 91.9 Å². The fraction of sp³-hybridized carbons (Fsp3) is 0.667. The van der Waals surface area contributed by atoms with Crippen LogP contribution in [-0.4, -0.2) is 17.6 Å². The monoisotopic (exact) mass is 327 g/mol. The van der Waals surface area contributed by atoms with Crippen LogP contribution in [0.5, 0.6) is 5.75 Å². The second-order valence-electron chi connectivity index (χ2n) is 8.45. The number of phenols is 1. The van der Waals surface area contributed by atoms with Crippen molar-refractivity contribution in [1.29, 1.82) is 0 Å². The molecule has 24 heavy (non-hydrogen) atoms. The largest absolute Gasteiger partial charge is 0.508 e. The highest BCUT2D eigenvalue weighted by atomic mass is 16.3. The summed E-state index contributed by atoms with van der Waals surface area (Å²) in [5, 5.41) is 12.9. The molecule has 3 nitrogen and oxygen atoms in total. The van der Waals surface area contributed by atoms with Crippen molar-refractivity contribution in [2.75, 3.05) is 6.54 Å². The average Bonchev–Trinajstić information content (AvgIpc) is 2.92. The lowest BCUT2D eigenvalue weighted by Crippen LogP contribution is -2.45. The van der Waals surface area contributed by atoms with Gasteiger partial charge in [0.2, 0.25) is 5.91 Å². The Labute approximate surface area is 144 Å². The Morgan fingerprint density at radius 3 is 2.88 bits per heavy atom. The highest BCUT2D eigenvalue weighted by Gasteiger charge is 2.55. The van der Waals surface area contributed by atoms with Gasteiger partial charge in [0.25, 0.3) is 0 Å². The molecule has 4 rings (SSSR count). The van der Waals surface area contributed by atoms with Crippen LogP contribution in [0.3, 0.4) is 0 Å². The third-order valence-electron chi connectivity index (χ3n) is 7.23. The first kappa shape index (κ1) is 16.0. The number of rotatable bonds is 2. The molecule has 0 bridgehead atoms. The number of hydrogen-bond acceptors (Lipinski definition) is 2. The molecule has 1 aromatic carbocycles. The van der Waals surface area contributed by atoms with Gasteiger partial charge < -0.3 is 10.4 Å². The van der Waals surface area contributed by atoms with Crippen molar-refractivity contribution in [3.8, 4) is 5.75 Å². The summed E-state index contributed by atoms with van der Waals surface area (Å²) >= 11 is 0. The van der Waals surface area contributed by atoms with Crippen LogP contribution in [0, 0.1) is 23.2 Å². The Bertz CT molecular complexity index is 655. The fourth-order valence-electron chi connectivity index (χ4n) is 6.23. The van der Waals surface area contributed by atoms with Crippen LogP contribution in [0.2, 0.25) is 0 Å². The van der Waals surface area contributed by atoms with Gasteiger partial charge in [-0.3, -0.25) is 4.79 Å². The Morgan fingerprint density at radius 1 is 1.29 bits per heavy atom. The van der Waals surface area contributed by atoms with Crippen molar-refractivity contribution < 1.29 is 9.90 Å². The van der Waals surface area contributed by atoms with Gasteiger partial charge in [0, 0.05) is 12.5 Å². The molecule has 0 radical (unpaired) electrons. The molecule has 2 fully saturated rings. The normalized spacial score (nSPS) is 37.2. The summed E-state index contributed by atoms with van der Waals surface area (Å²) in [5.41, 5.74) is 3.10. The number of carbonyl (C=O) groups excluding carboxylic acids is 1. The quantitative estimate of drug-likeness (QED) is 0.862. The van der Waals surface area contributed by atoms with E-state index >= 15 is 0 Å². The molecule has 3 aliphatic rings. The molecule has 2 N–H and O–H groups in total. The topological polar surface area (TPSA) is 49.3 Å². The second kappa shape index (κ2) is 5.79. The number of aromatic hydroxyl groups is 1. The highest BCUT2D eigenvalue weighted by Crippen LogP contribution is 2.62. The summed E-state index contributed by atoms with van der Waals surface area (Å²) < 4.78 is 0. The molecule has 0 aromatic heterocycles. The molecule has 3 heteroatoms. The predicted molar refractivity (Wildman–Crippen MR) is 94.9 cm³/mol. The molecule has 0 saturated heterocycles. The Kier molecular flexibility index (Phi) is 3.85. The van der Waals surface area contributed by atoms with Crippen LogP contribution in [0.25, 0.3) is 0 Å². The van der Waals surface area contributed by atoms with E-state index < -0.39 is 0 Å². The molecular formula is C21H29NO2. The summed E-state index contributed by atoms with van der Waals surface area (Å²) in [6.45, 7) is 5.17. The number of nitrogens with one attached hydrogen (secondary N) is 1. The van der Waals surface area contributed by atoms with Crippen molar-refractivity contribution in [2.45, 2.75) is 58.3 Å². The lowest BCUT2D eigenvalue weighted by atomic mass is 9.54. The van der Waals surface area contributed by atoms with Crippen molar-refractivity contribution in [3.63, 3.8) is 0 Å². The minimum atomic E-state index is 0.196. The van der Waals surface area contributed by atoms with E-state index in [0.717, 1.165) is 25.8 Å². The van der Waals surface area contributed by atoms with Gasteiger partial charge in [-0.25, -0.2) is 0 Å². The van der Waals surface area contributed by atoms with Crippen LogP contribution in [0.15, 0.2) is 18.2 Å². The number of fused-ring (bicyclic) bond motifs is 5. The molecule has 1 amide bonds. The van der Waals surface area contributed by atoms with Gasteiger partial charge in [0.05, 0.1) is 0 Å². The first-order valence-corrected chi connectivity index (χ1v) is 9.63. The zero-order valence-electron chi connectivity index (χ0n) is 14.8. The average molecular weight is 327 g/mol. The van der Waals surface area contributed by atoms with E-state index in [0.29, 0.717) is 28.9 Å². The lowest BCUT2D eigenvalue weighted by molar-refractivity contribution is -0.128. The second-order valence-corrected chi connectivity index (χ2v) is 8.45. The number of carbonyl (C=O) groups is 1. The Morgan fingerprint density at radius 2 is 2.08 bits per heavy atom. The summed E-state index contributed by atoms with van der Waals surface area (Å²) in [6.07, 6.45) is 6.92. The molecule has 0 heterocycles. The van der Waals surface area contributed by atoms with E-state index in [2.05, 4.69) is 18.3 Å². The van der Waals surface area contributed by atoms with E-state index in [1.165, 1.54) is 30.4 Å². The molecule has 5 atom stereocenters. The van der Waals surface area contributed by atoms with E-state index in [4.69, 9.17) is 0 Å². The number of benzene rings is 1. The molecule has 130 valence electrons. The number of phenolic OH excluding ortho intramolecular Hbond substituents is 1. The van der Waals surface area contributed by atoms with Crippen LogP contribution in [0.1, 0.15) is 63.0 Å². The van der Waals surface area contributed by atoms with Crippen molar-refractivity contribution in [2.24, 2.45) is 23.2 Å². The van der Waals surface area contributed by atoms with Gasteiger partial charge in [-0.15, -0.1) is 0 Å². The maximum atomic E-state index is 12.7. The summed E-state index contributed by atoms with van der Waals surface area (Å²) in [7, 11) is 0. The number of aryl methyl sites for hydroxylation is 1. The van der Waals surface area contributed by atoms with E-state index in [1.54, 1.807) is 0 Å². The SMILES string of the molecule is CCNC(=O)[C@H]1CC[C@@]2(C)CC[C@@H]3c4ccc(O)cc4CC[C@H]3[C@H]12. The molecule has 2 saturated carbocycles. The van der Waals surface area contributed by atoms with Gasteiger partial charge in [-0.1, -0.05) is 13.0 Å². The van der Waals surface area contributed by atoms with Crippen molar-refractivity contribution >= 4 is 5.91 Å². The highest BCUT2D eigenvalue weighted by molar-refractivity contribution is 5.79. The van der Waals surface area contributed by atoms with Crippen LogP contribution in [0.4, 0.5) is 0 Å². The van der Waals surface area contributed by atoms with Crippen LogP contribution >= 0.6 is 0 Å². The van der Waals surface area contributed by atoms with E-state index in [9.17, 15) is 9.90 Å². The predicted octanol–water partition coefficient (Wildman–Crippen LogP) is 4.00. The number of amides is 1. The molecule has 0 unspecified atom stereocenters. The van der Waals surface area contributed by atoms with Gasteiger partial charge in [0.15, 0.2) is 0 Å². The van der Waals surface area contributed by atoms with Gasteiger partial charge in [-0.2, -0.15) is 0 Å². The molecular weight excluding hydrogens is 298 g/mol. The fourth-order valence-corrected chi connectivity index (χ4v) is 6.23. The standard InChI is InChI=1S/C21H29NO2/c1-3-22-20(24)18-9-11-21(2)10-8-16-15-7-5-14(23)12-13(15)4-6-17(16)19(18)21/h5,7,12,16-19,23H,3-4,6,8-11H2,1-2H3,(H,22,24)/t16-,17-,18+,19-,21-/m1/s1. The first-order valence-electron chi connectivity index (χ1n) is 9.63. The lowest BCUT2D eigenvalue weighted by Gasteiger charge is -2.50. The van der Waals surface area contributed by atoms with Gasteiger partial charge >= 0.3 is 0 Å². The third-order valence-corrected chi connectivity index (χ3v) is 7.23. The van der Waals surface area contributed by atoms with Gasteiger partial charge in [0.1, 0.15) is 5.75 Å².